The molecule has 3 rings (SSSR count). The molecule has 1 aromatic heterocycles. The molecular formula is C17H16ClNO4S. The molecule has 0 saturated carbocycles. The molecule has 0 N–H and O–H groups in total. The van der Waals surface area contributed by atoms with Crippen LogP contribution in [-0.2, 0) is 19.1 Å². The third-order valence-electron chi connectivity index (χ3n) is 3.63. The lowest BCUT2D eigenvalue weighted by atomic mass is 10.2. The maximum Gasteiger partial charge on any atom is 0.331 e. The Morgan fingerprint density at radius 3 is 2.79 bits per heavy atom. The van der Waals surface area contributed by atoms with Crippen molar-refractivity contribution in [2.24, 2.45) is 0 Å². The Labute approximate surface area is 148 Å². The van der Waals surface area contributed by atoms with Crippen LogP contribution in [0.25, 0.3) is 16.2 Å². The third kappa shape index (κ3) is 3.95. The zero-order valence-electron chi connectivity index (χ0n) is 12.9. The second kappa shape index (κ2) is 7.79. The highest BCUT2D eigenvalue weighted by Gasteiger charge is 2.17. The van der Waals surface area contributed by atoms with Crippen molar-refractivity contribution < 1.29 is 19.1 Å². The van der Waals surface area contributed by atoms with Gasteiger partial charge in [0.05, 0.1) is 18.2 Å². The maximum absolute atomic E-state index is 11.9. The summed E-state index contributed by atoms with van der Waals surface area (Å²) < 4.78 is 11.2. The van der Waals surface area contributed by atoms with E-state index in [0.717, 1.165) is 15.0 Å². The standard InChI is InChI=1S/C17H16ClNO4S/c18-17-12-3-1-2-4-13(12)24-14(17)5-6-16(21)23-11-15(20)19-7-9-22-10-8-19/h1-6H,7-11H2/b6-5+. The second-order valence-corrected chi connectivity index (χ2v) is 6.67. The summed E-state index contributed by atoms with van der Waals surface area (Å²) in [6, 6.07) is 7.77. The van der Waals surface area contributed by atoms with Crippen molar-refractivity contribution in [3.63, 3.8) is 0 Å². The van der Waals surface area contributed by atoms with Crippen LogP contribution in [0, 0.1) is 0 Å². The van der Waals surface area contributed by atoms with E-state index in [1.165, 1.54) is 17.4 Å². The van der Waals surface area contributed by atoms with E-state index in [0.29, 0.717) is 31.3 Å². The molecule has 1 fully saturated rings. The summed E-state index contributed by atoms with van der Waals surface area (Å²) in [6.07, 6.45) is 2.91. The Morgan fingerprint density at radius 1 is 1.29 bits per heavy atom. The highest BCUT2D eigenvalue weighted by Crippen LogP contribution is 2.35. The first-order chi connectivity index (χ1) is 11.6. The lowest BCUT2D eigenvalue weighted by Crippen LogP contribution is -2.42. The summed E-state index contributed by atoms with van der Waals surface area (Å²) in [5.74, 6) is -0.773. The average Bonchev–Trinajstić information content (AvgIpc) is 2.95. The van der Waals surface area contributed by atoms with Crippen LogP contribution in [0.2, 0.25) is 5.02 Å². The highest BCUT2D eigenvalue weighted by molar-refractivity contribution is 7.20. The van der Waals surface area contributed by atoms with Gasteiger partial charge in [0, 0.05) is 34.1 Å². The molecule has 1 aliphatic rings. The van der Waals surface area contributed by atoms with Crippen molar-refractivity contribution >= 4 is 51.0 Å². The van der Waals surface area contributed by atoms with Gasteiger partial charge in [-0.1, -0.05) is 29.8 Å². The number of hydrogen-bond donors (Lipinski definition) is 0. The molecule has 0 bridgehead atoms. The van der Waals surface area contributed by atoms with Gasteiger partial charge in [-0.2, -0.15) is 0 Å². The Balaban J connectivity index is 1.56. The average molecular weight is 366 g/mol. The van der Waals surface area contributed by atoms with E-state index in [2.05, 4.69) is 0 Å². The summed E-state index contributed by atoms with van der Waals surface area (Å²) in [6.45, 7) is 1.84. The third-order valence-corrected chi connectivity index (χ3v) is 5.29. The van der Waals surface area contributed by atoms with Crippen molar-refractivity contribution in [3.05, 3.63) is 40.2 Å². The molecule has 2 heterocycles. The molecule has 1 aromatic carbocycles. The minimum absolute atomic E-state index is 0.208. The monoisotopic (exact) mass is 365 g/mol. The first kappa shape index (κ1) is 17.0. The van der Waals surface area contributed by atoms with Gasteiger partial charge in [-0.25, -0.2) is 4.79 Å². The predicted molar refractivity (Wildman–Crippen MR) is 94.2 cm³/mol. The smallest absolute Gasteiger partial charge is 0.331 e. The molecule has 0 aliphatic carbocycles. The van der Waals surface area contributed by atoms with E-state index in [1.807, 2.05) is 24.3 Å². The van der Waals surface area contributed by atoms with E-state index in [1.54, 1.807) is 11.0 Å². The van der Waals surface area contributed by atoms with Crippen LogP contribution in [0.1, 0.15) is 4.88 Å². The van der Waals surface area contributed by atoms with Gasteiger partial charge in [0.25, 0.3) is 5.91 Å². The Hall–Kier alpha value is -1.89. The number of thiophene rings is 1. The summed E-state index contributed by atoms with van der Waals surface area (Å²) in [5, 5.41) is 1.57. The fourth-order valence-corrected chi connectivity index (χ4v) is 3.77. The van der Waals surface area contributed by atoms with Crippen LogP contribution < -0.4 is 0 Å². The fraction of sp³-hybridized carbons (Fsp3) is 0.294. The van der Waals surface area contributed by atoms with Gasteiger partial charge >= 0.3 is 5.97 Å². The number of ether oxygens (including phenoxy) is 2. The molecule has 2 aromatic rings. The van der Waals surface area contributed by atoms with Crippen molar-refractivity contribution in [1.82, 2.24) is 4.90 Å². The van der Waals surface area contributed by atoms with E-state index in [9.17, 15) is 9.59 Å². The van der Waals surface area contributed by atoms with Gasteiger partial charge in [0.15, 0.2) is 6.61 Å². The van der Waals surface area contributed by atoms with Crippen molar-refractivity contribution in [1.29, 1.82) is 0 Å². The van der Waals surface area contributed by atoms with Crippen LogP contribution in [-0.4, -0.2) is 49.7 Å². The summed E-state index contributed by atoms with van der Waals surface area (Å²) in [5.41, 5.74) is 0. The van der Waals surface area contributed by atoms with Crippen LogP contribution in [0.4, 0.5) is 0 Å². The second-order valence-electron chi connectivity index (χ2n) is 5.21. The quantitative estimate of drug-likeness (QED) is 0.617. The molecule has 1 saturated heterocycles. The van der Waals surface area contributed by atoms with Gasteiger partial charge in [-0.05, 0) is 12.1 Å². The fourth-order valence-electron chi connectivity index (χ4n) is 2.37. The topological polar surface area (TPSA) is 55.8 Å². The number of esters is 1. The maximum atomic E-state index is 11.9. The number of morpholine rings is 1. The van der Waals surface area contributed by atoms with Crippen LogP contribution in [0.5, 0.6) is 0 Å². The van der Waals surface area contributed by atoms with Crippen LogP contribution in [0.15, 0.2) is 30.3 Å². The van der Waals surface area contributed by atoms with E-state index in [-0.39, 0.29) is 12.5 Å². The molecule has 5 nitrogen and oxygen atoms in total. The van der Waals surface area contributed by atoms with Crippen molar-refractivity contribution in [3.8, 4) is 0 Å². The van der Waals surface area contributed by atoms with Crippen LogP contribution >= 0.6 is 22.9 Å². The molecule has 7 heteroatoms. The molecule has 0 radical (unpaired) electrons. The first-order valence-electron chi connectivity index (χ1n) is 7.52. The summed E-state index contributed by atoms with van der Waals surface area (Å²) in [4.78, 5) is 26.1. The zero-order chi connectivity index (χ0) is 16.9. The minimum atomic E-state index is -0.565. The lowest BCUT2D eigenvalue weighted by Gasteiger charge is -2.26. The van der Waals surface area contributed by atoms with Gasteiger partial charge in [-0.15, -0.1) is 11.3 Å². The minimum Gasteiger partial charge on any atom is -0.452 e. The van der Waals surface area contributed by atoms with Gasteiger partial charge in [0.2, 0.25) is 0 Å². The largest absolute Gasteiger partial charge is 0.452 e. The number of amides is 1. The molecule has 1 amide bonds. The Bertz CT molecular complexity index is 780. The van der Waals surface area contributed by atoms with Crippen LogP contribution in [0.3, 0.4) is 0 Å². The number of benzene rings is 1. The molecule has 0 spiro atoms. The Kier molecular flexibility index (Phi) is 5.50. The van der Waals surface area contributed by atoms with Gasteiger partial charge < -0.3 is 14.4 Å². The Morgan fingerprint density at radius 2 is 2.04 bits per heavy atom. The highest BCUT2D eigenvalue weighted by atomic mass is 35.5. The van der Waals surface area contributed by atoms with E-state index >= 15 is 0 Å². The summed E-state index contributed by atoms with van der Waals surface area (Å²) >= 11 is 7.80. The molecule has 0 unspecified atom stereocenters. The molecule has 126 valence electrons. The number of fused-ring (bicyclic) bond motifs is 1. The number of hydrogen-bond acceptors (Lipinski definition) is 5. The SMILES string of the molecule is O=C(/C=C/c1sc2ccccc2c1Cl)OCC(=O)N1CCOCC1. The number of halogens is 1. The molecule has 24 heavy (non-hydrogen) atoms. The zero-order valence-corrected chi connectivity index (χ0v) is 14.4. The molecular weight excluding hydrogens is 350 g/mol. The van der Waals surface area contributed by atoms with Crippen molar-refractivity contribution in [2.45, 2.75) is 0 Å². The number of carbonyl (C=O) groups excluding carboxylic acids is 2. The number of rotatable bonds is 4. The molecule has 0 atom stereocenters. The normalized spacial score (nSPS) is 15.1. The van der Waals surface area contributed by atoms with Crippen molar-refractivity contribution in [2.75, 3.05) is 32.9 Å². The number of carbonyl (C=O) groups is 2. The van der Waals surface area contributed by atoms with E-state index < -0.39 is 5.97 Å². The lowest BCUT2D eigenvalue weighted by molar-refractivity contribution is -0.150. The van der Waals surface area contributed by atoms with Gasteiger partial charge in [-0.3, -0.25) is 4.79 Å². The molecule has 1 aliphatic heterocycles. The number of nitrogens with zero attached hydrogens (tertiary/aromatic N) is 1. The predicted octanol–water partition coefficient (Wildman–Crippen LogP) is 2.97. The van der Waals surface area contributed by atoms with Gasteiger partial charge in [0.1, 0.15) is 0 Å². The van der Waals surface area contributed by atoms with E-state index in [4.69, 9.17) is 21.1 Å². The summed E-state index contributed by atoms with van der Waals surface area (Å²) in [7, 11) is 0. The first-order valence-corrected chi connectivity index (χ1v) is 8.72.